The van der Waals surface area contributed by atoms with Gasteiger partial charge in [0.05, 0.1) is 12.1 Å². The number of primary sulfonamides is 1. The second kappa shape index (κ2) is 6.08. The summed E-state index contributed by atoms with van der Waals surface area (Å²) in [4.78, 5) is 11.5. The van der Waals surface area contributed by atoms with Crippen molar-refractivity contribution in [3.63, 3.8) is 0 Å². The van der Waals surface area contributed by atoms with Gasteiger partial charge in [-0.25, -0.2) is 17.9 Å². The maximum Gasteiger partial charge on any atom is 0.251 e. The number of rotatable bonds is 5. The zero-order chi connectivity index (χ0) is 16.4. The summed E-state index contributed by atoms with van der Waals surface area (Å²) in [5.41, 5.74) is -0.617. The summed E-state index contributed by atoms with van der Waals surface area (Å²) < 4.78 is 41.5. The van der Waals surface area contributed by atoms with Crippen LogP contribution in [0, 0.1) is 12.7 Å². The third-order valence-corrected chi connectivity index (χ3v) is 3.66. The number of amides is 1. The van der Waals surface area contributed by atoms with E-state index in [-0.39, 0.29) is 17.7 Å². The number of aryl methyl sites for hydroxylation is 1. The molecule has 0 radical (unpaired) electrons. The predicted molar refractivity (Wildman–Crippen MR) is 75.9 cm³/mol. The molecule has 0 atom stereocenters. The van der Waals surface area contributed by atoms with Crippen LogP contribution in [-0.4, -0.2) is 33.6 Å². The van der Waals surface area contributed by atoms with Gasteiger partial charge in [-0.3, -0.25) is 4.79 Å². The van der Waals surface area contributed by atoms with Crippen molar-refractivity contribution in [3.8, 4) is 0 Å². The number of benzene rings is 1. The molecule has 0 saturated heterocycles. The fourth-order valence-corrected chi connectivity index (χ4v) is 2.55. The van der Waals surface area contributed by atoms with E-state index < -0.39 is 32.2 Å². The normalized spacial score (nSPS) is 12.3. The lowest BCUT2D eigenvalue weighted by atomic mass is 10.1. The van der Waals surface area contributed by atoms with E-state index in [9.17, 15) is 17.6 Å². The summed E-state index contributed by atoms with van der Waals surface area (Å²) in [6.45, 7) is 5.11. The van der Waals surface area contributed by atoms with Crippen LogP contribution in [0.3, 0.4) is 0 Å². The van der Waals surface area contributed by atoms with Crippen molar-refractivity contribution in [3.05, 3.63) is 29.1 Å². The van der Waals surface area contributed by atoms with E-state index in [0.29, 0.717) is 0 Å². The molecular formula is C13H19FN2O4S. The largest absolute Gasteiger partial charge is 0.382 e. The maximum absolute atomic E-state index is 13.8. The Kier molecular flexibility index (Phi) is 5.08. The highest BCUT2D eigenvalue weighted by Crippen LogP contribution is 2.20. The first-order chi connectivity index (χ1) is 9.48. The molecule has 0 aliphatic rings. The van der Waals surface area contributed by atoms with Gasteiger partial charge in [-0.15, -0.1) is 0 Å². The number of hydrogen-bond acceptors (Lipinski definition) is 4. The molecule has 0 heterocycles. The van der Waals surface area contributed by atoms with Gasteiger partial charge in [0.2, 0.25) is 10.0 Å². The highest BCUT2D eigenvalue weighted by atomic mass is 32.2. The first-order valence-electron chi connectivity index (χ1n) is 6.12. The van der Waals surface area contributed by atoms with Crippen LogP contribution >= 0.6 is 0 Å². The Morgan fingerprint density at radius 3 is 2.48 bits per heavy atom. The Bertz CT molecular complexity index is 656. The molecule has 0 bridgehead atoms. The van der Waals surface area contributed by atoms with Crippen LogP contribution in [0.25, 0.3) is 0 Å². The number of sulfonamides is 1. The first-order valence-corrected chi connectivity index (χ1v) is 7.67. The molecule has 1 aromatic rings. The Morgan fingerprint density at radius 1 is 1.43 bits per heavy atom. The predicted octanol–water partition coefficient (Wildman–Crippen LogP) is 0.936. The lowest BCUT2D eigenvalue weighted by Crippen LogP contribution is -2.46. The quantitative estimate of drug-likeness (QED) is 0.844. The molecule has 1 rings (SSSR count). The van der Waals surface area contributed by atoms with Crippen molar-refractivity contribution in [2.45, 2.75) is 31.2 Å². The summed E-state index contributed by atoms with van der Waals surface area (Å²) in [5, 5.41) is 7.63. The summed E-state index contributed by atoms with van der Waals surface area (Å²) in [6, 6.07) is 2.19. The number of nitrogens with two attached hydrogens (primary N) is 1. The molecule has 0 spiro atoms. The first kappa shape index (κ1) is 17.5. The average Bonchev–Trinajstić information content (AvgIpc) is 2.29. The molecule has 0 aliphatic carbocycles. The molecule has 1 amide bonds. The fourth-order valence-electron chi connectivity index (χ4n) is 1.85. The molecule has 0 unspecified atom stereocenters. The number of carbonyl (C=O) groups is 1. The molecule has 21 heavy (non-hydrogen) atoms. The lowest BCUT2D eigenvalue weighted by molar-refractivity contribution is 0.0819. The van der Waals surface area contributed by atoms with Crippen molar-refractivity contribution in [2.24, 2.45) is 5.14 Å². The standard InChI is InChI=1S/C13H19FN2O4S/c1-8-5-9(6-10(11(8)14)21(15,18)19)12(17)16-13(2,3)7-20-4/h5-6H,7H2,1-4H3,(H,16,17)(H2,15,18,19). The molecule has 8 heteroatoms. The van der Waals surface area contributed by atoms with Crippen molar-refractivity contribution >= 4 is 15.9 Å². The SMILES string of the molecule is COCC(C)(C)NC(=O)c1cc(C)c(F)c(S(N)(=O)=O)c1. The molecule has 0 fully saturated rings. The third kappa shape index (κ3) is 4.48. The number of ether oxygens (including phenoxy) is 1. The van der Waals surface area contributed by atoms with E-state index in [2.05, 4.69) is 5.32 Å². The number of carbonyl (C=O) groups excluding carboxylic acids is 1. The van der Waals surface area contributed by atoms with Gasteiger partial charge in [0.1, 0.15) is 10.7 Å². The second-order valence-corrected chi connectivity index (χ2v) is 6.95. The third-order valence-electron chi connectivity index (χ3n) is 2.75. The number of halogens is 1. The highest BCUT2D eigenvalue weighted by Gasteiger charge is 2.24. The number of methoxy groups -OCH3 is 1. The Labute approximate surface area is 123 Å². The van der Waals surface area contributed by atoms with E-state index >= 15 is 0 Å². The minimum Gasteiger partial charge on any atom is -0.382 e. The van der Waals surface area contributed by atoms with Gasteiger partial charge < -0.3 is 10.1 Å². The maximum atomic E-state index is 13.8. The van der Waals surface area contributed by atoms with Gasteiger partial charge in [-0.1, -0.05) is 0 Å². The Balaban J connectivity index is 3.21. The topological polar surface area (TPSA) is 98.5 Å². The summed E-state index contributed by atoms with van der Waals surface area (Å²) in [5.74, 6) is -1.49. The summed E-state index contributed by atoms with van der Waals surface area (Å²) >= 11 is 0. The average molecular weight is 318 g/mol. The van der Waals surface area contributed by atoms with Crippen LogP contribution in [0.4, 0.5) is 4.39 Å². The van der Waals surface area contributed by atoms with Crippen LogP contribution in [0.5, 0.6) is 0 Å². The van der Waals surface area contributed by atoms with Crippen LogP contribution in [-0.2, 0) is 14.8 Å². The molecule has 0 aromatic heterocycles. The van der Waals surface area contributed by atoms with Crippen LogP contribution in [0.15, 0.2) is 17.0 Å². The highest BCUT2D eigenvalue weighted by molar-refractivity contribution is 7.89. The number of hydrogen-bond donors (Lipinski definition) is 2. The zero-order valence-electron chi connectivity index (χ0n) is 12.4. The second-order valence-electron chi connectivity index (χ2n) is 5.42. The molecule has 1 aromatic carbocycles. The van der Waals surface area contributed by atoms with Crippen LogP contribution in [0.2, 0.25) is 0 Å². The van der Waals surface area contributed by atoms with Crippen molar-refractivity contribution < 1.29 is 22.3 Å². The molecule has 0 aliphatic heterocycles. The van der Waals surface area contributed by atoms with Crippen LogP contribution < -0.4 is 10.5 Å². The molecule has 118 valence electrons. The van der Waals surface area contributed by atoms with Gasteiger partial charge in [-0.2, -0.15) is 0 Å². The summed E-state index contributed by atoms with van der Waals surface area (Å²) in [6.07, 6.45) is 0. The molecule has 3 N–H and O–H groups in total. The van der Waals surface area contributed by atoms with Crippen molar-refractivity contribution in [2.75, 3.05) is 13.7 Å². The summed E-state index contributed by atoms with van der Waals surface area (Å²) in [7, 11) is -2.75. The molecule has 0 saturated carbocycles. The molecular weight excluding hydrogens is 299 g/mol. The van der Waals surface area contributed by atoms with Gasteiger partial charge in [-0.05, 0) is 38.5 Å². The van der Waals surface area contributed by atoms with Crippen molar-refractivity contribution in [1.29, 1.82) is 0 Å². The van der Waals surface area contributed by atoms with E-state index in [1.54, 1.807) is 13.8 Å². The fraction of sp³-hybridized carbons (Fsp3) is 0.462. The van der Waals surface area contributed by atoms with Gasteiger partial charge in [0, 0.05) is 12.7 Å². The van der Waals surface area contributed by atoms with E-state index in [1.165, 1.54) is 20.1 Å². The van der Waals surface area contributed by atoms with Crippen molar-refractivity contribution in [1.82, 2.24) is 5.32 Å². The van der Waals surface area contributed by atoms with E-state index in [0.717, 1.165) is 6.07 Å². The Morgan fingerprint density at radius 2 is 2.00 bits per heavy atom. The smallest absolute Gasteiger partial charge is 0.251 e. The van der Waals surface area contributed by atoms with E-state index in [4.69, 9.17) is 9.88 Å². The van der Waals surface area contributed by atoms with E-state index in [1.807, 2.05) is 0 Å². The monoisotopic (exact) mass is 318 g/mol. The minimum absolute atomic E-state index is 0.0158. The van der Waals surface area contributed by atoms with Gasteiger partial charge >= 0.3 is 0 Å². The van der Waals surface area contributed by atoms with Gasteiger partial charge in [0.15, 0.2) is 0 Å². The molecule has 6 nitrogen and oxygen atoms in total. The lowest BCUT2D eigenvalue weighted by Gasteiger charge is -2.25. The minimum atomic E-state index is -4.25. The number of nitrogens with one attached hydrogen (secondary N) is 1. The van der Waals surface area contributed by atoms with Crippen LogP contribution in [0.1, 0.15) is 29.8 Å². The Hall–Kier alpha value is -1.51. The zero-order valence-corrected chi connectivity index (χ0v) is 13.2. The van der Waals surface area contributed by atoms with Gasteiger partial charge in [0.25, 0.3) is 5.91 Å².